The minimum absolute atomic E-state index is 0.0635. The Morgan fingerprint density at radius 2 is 0.532 bits per heavy atom. The van der Waals surface area contributed by atoms with Crippen molar-refractivity contribution in [2.24, 2.45) is 11.8 Å². The number of unbranched alkanes of at least 4 members (excludes halogenated alkanes) is 35. The molecule has 0 aromatic heterocycles. The van der Waals surface area contributed by atoms with Crippen LogP contribution in [0.3, 0.4) is 0 Å². The third-order valence-electron chi connectivity index (χ3n) is 12.7. The van der Waals surface area contributed by atoms with Gasteiger partial charge in [0.15, 0.2) is 6.10 Å². The summed E-state index contributed by atoms with van der Waals surface area (Å²) in [6.07, 6.45) is 51.1. The first-order valence-electron chi connectivity index (χ1n) is 27.7. The van der Waals surface area contributed by atoms with E-state index in [0.717, 1.165) is 69.6 Å². The van der Waals surface area contributed by atoms with Crippen LogP contribution in [0.15, 0.2) is 0 Å². The standard InChI is InChI=1S/C56H108O6/c1-6-7-8-9-29-36-41-46-54(57)60-49-53(50-61-55(58)47-42-37-32-27-23-20-16-18-22-26-31-35-40-45-52(4)5)62-56(59)48-43-38-33-28-24-19-15-13-11-10-12-14-17-21-25-30-34-39-44-51(2)3/h51-53H,6-50H2,1-5H3/t53-/m0/s1. The molecule has 0 heterocycles. The Hall–Kier alpha value is -1.59. The molecule has 0 aliphatic rings. The van der Waals surface area contributed by atoms with E-state index in [1.807, 2.05) is 0 Å². The molecular weight excluding hydrogens is 769 g/mol. The van der Waals surface area contributed by atoms with Crippen LogP contribution in [0.2, 0.25) is 0 Å². The lowest BCUT2D eigenvalue weighted by atomic mass is 10.0. The monoisotopic (exact) mass is 877 g/mol. The molecule has 62 heavy (non-hydrogen) atoms. The van der Waals surface area contributed by atoms with Crippen molar-refractivity contribution in [1.82, 2.24) is 0 Å². The van der Waals surface area contributed by atoms with E-state index in [-0.39, 0.29) is 31.1 Å². The number of carbonyl (C=O) groups is 3. The van der Waals surface area contributed by atoms with Gasteiger partial charge in [-0.05, 0) is 31.1 Å². The lowest BCUT2D eigenvalue weighted by Crippen LogP contribution is -2.30. The predicted octanol–water partition coefficient (Wildman–Crippen LogP) is 18.1. The van der Waals surface area contributed by atoms with Gasteiger partial charge in [-0.3, -0.25) is 14.4 Å². The van der Waals surface area contributed by atoms with Crippen LogP contribution in [0.4, 0.5) is 0 Å². The molecule has 0 N–H and O–H groups in total. The molecule has 0 bridgehead atoms. The first-order valence-corrected chi connectivity index (χ1v) is 27.7. The molecular formula is C56H108O6. The van der Waals surface area contributed by atoms with E-state index >= 15 is 0 Å². The highest BCUT2D eigenvalue weighted by molar-refractivity contribution is 5.71. The molecule has 0 unspecified atom stereocenters. The maximum atomic E-state index is 12.8. The minimum atomic E-state index is -0.761. The van der Waals surface area contributed by atoms with Crippen LogP contribution in [0.1, 0.15) is 311 Å². The van der Waals surface area contributed by atoms with Crippen LogP contribution >= 0.6 is 0 Å². The van der Waals surface area contributed by atoms with Crippen molar-refractivity contribution in [3.05, 3.63) is 0 Å². The molecule has 0 aliphatic carbocycles. The smallest absolute Gasteiger partial charge is 0.306 e. The summed E-state index contributed by atoms with van der Waals surface area (Å²) in [5.41, 5.74) is 0. The summed E-state index contributed by atoms with van der Waals surface area (Å²) in [5, 5.41) is 0. The first kappa shape index (κ1) is 60.4. The Morgan fingerprint density at radius 3 is 0.790 bits per heavy atom. The highest BCUT2D eigenvalue weighted by Gasteiger charge is 2.19. The zero-order valence-corrected chi connectivity index (χ0v) is 42.5. The van der Waals surface area contributed by atoms with Crippen LogP contribution in [0.25, 0.3) is 0 Å². The molecule has 0 radical (unpaired) electrons. The van der Waals surface area contributed by atoms with Gasteiger partial charge in [-0.2, -0.15) is 0 Å². The number of ether oxygens (including phenoxy) is 3. The molecule has 0 rings (SSSR count). The molecule has 0 aromatic rings. The van der Waals surface area contributed by atoms with Crippen molar-refractivity contribution >= 4 is 17.9 Å². The molecule has 6 nitrogen and oxygen atoms in total. The predicted molar refractivity (Wildman–Crippen MR) is 266 cm³/mol. The van der Waals surface area contributed by atoms with E-state index < -0.39 is 6.10 Å². The number of rotatable bonds is 50. The molecule has 1 atom stereocenters. The second-order valence-corrected chi connectivity index (χ2v) is 20.2. The zero-order valence-electron chi connectivity index (χ0n) is 42.5. The number of carbonyl (C=O) groups excluding carboxylic acids is 3. The van der Waals surface area contributed by atoms with Crippen molar-refractivity contribution in [2.75, 3.05) is 13.2 Å². The lowest BCUT2D eigenvalue weighted by molar-refractivity contribution is -0.167. The summed E-state index contributed by atoms with van der Waals surface area (Å²) in [5.74, 6) is 0.848. The summed E-state index contributed by atoms with van der Waals surface area (Å²) in [7, 11) is 0. The second-order valence-electron chi connectivity index (χ2n) is 20.2. The van der Waals surface area contributed by atoms with Crippen molar-refractivity contribution in [3.8, 4) is 0 Å². The van der Waals surface area contributed by atoms with Gasteiger partial charge < -0.3 is 14.2 Å². The Kier molecular flexibility index (Phi) is 47.6. The summed E-state index contributed by atoms with van der Waals surface area (Å²) >= 11 is 0. The van der Waals surface area contributed by atoms with Crippen LogP contribution in [0, 0.1) is 11.8 Å². The van der Waals surface area contributed by atoms with Crippen LogP contribution in [-0.4, -0.2) is 37.2 Å². The molecule has 0 aromatic carbocycles. The van der Waals surface area contributed by atoms with Gasteiger partial charge in [-0.25, -0.2) is 0 Å². The van der Waals surface area contributed by atoms with Crippen molar-refractivity contribution in [3.63, 3.8) is 0 Å². The molecule has 0 fully saturated rings. The van der Waals surface area contributed by atoms with E-state index in [1.165, 1.54) is 199 Å². The third kappa shape index (κ3) is 49.4. The second kappa shape index (κ2) is 48.9. The average molecular weight is 877 g/mol. The summed E-state index contributed by atoms with van der Waals surface area (Å²) in [6, 6.07) is 0. The topological polar surface area (TPSA) is 78.9 Å². The van der Waals surface area contributed by atoms with Crippen LogP contribution in [-0.2, 0) is 28.6 Å². The first-order chi connectivity index (χ1) is 30.2. The van der Waals surface area contributed by atoms with Gasteiger partial charge in [-0.15, -0.1) is 0 Å². The third-order valence-corrected chi connectivity index (χ3v) is 12.7. The molecule has 368 valence electrons. The fourth-order valence-electron chi connectivity index (χ4n) is 8.52. The minimum Gasteiger partial charge on any atom is -0.462 e. The van der Waals surface area contributed by atoms with Crippen LogP contribution in [0.5, 0.6) is 0 Å². The Bertz CT molecular complexity index is 947. The molecule has 0 saturated carbocycles. The zero-order chi connectivity index (χ0) is 45.4. The number of hydrogen-bond acceptors (Lipinski definition) is 6. The SMILES string of the molecule is CCCCCCCCCC(=O)OC[C@@H](COC(=O)CCCCCCCCCCCCCCCC(C)C)OC(=O)CCCCCCCCCCCCCCCCCCCCC(C)C. The van der Waals surface area contributed by atoms with E-state index in [2.05, 4.69) is 34.6 Å². The van der Waals surface area contributed by atoms with E-state index in [4.69, 9.17) is 14.2 Å². The van der Waals surface area contributed by atoms with E-state index in [9.17, 15) is 14.4 Å². The normalized spacial score (nSPS) is 12.0. The Labute approximate surface area is 387 Å². The maximum Gasteiger partial charge on any atom is 0.306 e. The fraction of sp³-hybridized carbons (Fsp3) is 0.946. The van der Waals surface area contributed by atoms with Gasteiger partial charge in [0.25, 0.3) is 0 Å². The summed E-state index contributed by atoms with van der Waals surface area (Å²) < 4.78 is 16.8. The van der Waals surface area contributed by atoms with Crippen LogP contribution < -0.4 is 0 Å². The molecule has 0 amide bonds. The summed E-state index contributed by atoms with van der Waals surface area (Å²) in [4.78, 5) is 37.9. The van der Waals surface area contributed by atoms with Crippen molar-refractivity contribution in [1.29, 1.82) is 0 Å². The van der Waals surface area contributed by atoms with Gasteiger partial charge in [-0.1, -0.05) is 272 Å². The number of esters is 3. The maximum absolute atomic E-state index is 12.8. The van der Waals surface area contributed by atoms with Gasteiger partial charge in [0.2, 0.25) is 0 Å². The quantitative estimate of drug-likeness (QED) is 0.0344. The van der Waals surface area contributed by atoms with E-state index in [0.29, 0.717) is 19.3 Å². The largest absolute Gasteiger partial charge is 0.462 e. The van der Waals surface area contributed by atoms with Crippen molar-refractivity contribution < 1.29 is 28.6 Å². The average Bonchev–Trinajstić information content (AvgIpc) is 3.24. The lowest BCUT2D eigenvalue weighted by Gasteiger charge is -2.18. The molecule has 0 aliphatic heterocycles. The summed E-state index contributed by atoms with van der Waals surface area (Å²) in [6.45, 7) is 11.4. The van der Waals surface area contributed by atoms with E-state index in [1.54, 1.807) is 0 Å². The van der Waals surface area contributed by atoms with Gasteiger partial charge >= 0.3 is 17.9 Å². The Morgan fingerprint density at radius 1 is 0.306 bits per heavy atom. The molecule has 0 spiro atoms. The fourth-order valence-corrected chi connectivity index (χ4v) is 8.52. The van der Waals surface area contributed by atoms with Gasteiger partial charge in [0.05, 0.1) is 0 Å². The molecule has 6 heteroatoms. The number of hydrogen-bond donors (Lipinski definition) is 0. The Balaban J connectivity index is 4.14. The van der Waals surface area contributed by atoms with Gasteiger partial charge in [0, 0.05) is 19.3 Å². The highest BCUT2D eigenvalue weighted by atomic mass is 16.6. The highest BCUT2D eigenvalue weighted by Crippen LogP contribution is 2.18. The molecule has 0 saturated heterocycles. The van der Waals surface area contributed by atoms with Crippen molar-refractivity contribution in [2.45, 2.75) is 317 Å². The van der Waals surface area contributed by atoms with Gasteiger partial charge in [0.1, 0.15) is 13.2 Å².